The Morgan fingerprint density at radius 1 is 1.32 bits per heavy atom. The van der Waals surface area contributed by atoms with Gasteiger partial charge in [-0.15, -0.1) is 0 Å². The summed E-state index contributed by atoms with van der Waals surface area (Å²) < 4.78 is 7.80. The lowest BCUT2D eigenvalue weighted by Gasteiger charge is -2.25. The van der Waals surface area contributed by atoms with Crippen molar-refractivity contribution in [3.05, 3.63) is 41.6 Å². The standard InChI is InChI=1S/C19H29N5O/c1-15-10-19-21-13-17(14-24(19)22-15)12-20-11-16-4-6-18(7-5-16)25-9-8-23(2)3/h4-7,10,17,20-21H,8-9,11-14H2,1-3H3. The first-order valence-electron chi connectivity index (χ1n) is 8.95. The molecular formula is C19H29N5O. The molecule has 1 atom stereocenters. The van der Waals surface area contributed by atoms with Gasteiger partial charge < -0.3 is 20.3 Å². The summed E-state index contributed by atoms with van der Waals surface area (Å²) in [6.45, 7) is 7.50. The highest BCUT2D eigenvalue weighted by Gasteiger charge is 2.18. The Kier molecular flexibility index (Phi) is 5.94. The zero-order chi connectivity index (χ0) is 17.6. The van der Waals surface area contributed by atoms with Gasteiger partial charge in [-0.1, -0.05) is 12.1 Å². The van der Waals surface area contributed by atoms with E-state index < -0.39 is 0 Å². The van der Waals surface area contributed by atoms with Crippen LogP contribution in [0.1, 0.15) is 11.3 Å². The molecule has 0 fully saturated rings. The second-order valence-corrected chi connectivity index (χ2v) is 7.03. The molecule has 0 spiro atoms. The summed E-state index contributed by atoms with van der Waals surface area (Å²) in [5.74, 6) is 2.63. The van der Waals surface area contributed by atoms with E-state index in [1.54, 1.807) is 0 Å². The Morgan fingerprint density at radius 3 is 2.88 bits per heavy atom. The molecule has 0 saturated heterocycles. The lowest BCUT2D eigenvalue weighted by molar-refractivity contribution is 0.261. The molecule has 1 aliphatic rings. The predicted molar refractivity (Wildman–Crippen MR) is 101 cm³/mol. The van der Waals surface area contributed by atoms with Gasteiger partial charge in [0.05, 0.1) is 5.69 Å². The number of nitrogens with zero attached hydrogens (tertiary/aromatic N) is 3. The highest BCUT2D eigenvalue weighted by Crippen LogP contribution is 2.18. The Balaban J connectivity index is 1.39. The summed E-state index contributed by atoms with van der Waals surface area (Å²) in [6.07, 6.45) is 0. The number of aryl methyl sites for hydroxylation is 1. The molecule has 3 rings (SSSR count). The molecule has 136 valence electrons. The van der Waals surface area contributed by atoms with Crippen LogP contribution in [-0.2, 0) is 13.1 Å². The molecule has 1 aromatic heterocycles. The Bertz CT molecular complexity index is 665. The number of aromatic nitrogens is 2. The van der Waals surface area contributed by atoms with Crippen LogP contribution in [0, 0.1) is 12.8 Å². The monoisotopic (exact) mass is 343 g/mol. The van der Waals surface area contributed by atoms with Gasteiger partial charge in [-0.25, -0.2) is 4.68 Å². The number of hydrogen-bond donors (Lipinski definition) is 2. The maximum absolute atomic E-state index is 5.73. The lowest BCUT2D eigenvalue weighted by atomic mass is 10.1. The van der Waals surface area contributed by atoms with Crippen LogP contribution in [0.2, 0.25) is 0 Å². The molecule has 0 saturated carbocycles. The van der Waals surface area contributed by atoms with Crippen molar-refractivity contribution in [2.45, 2.75) is 20.0 Å². The summed E-state index contributed by atoms with van der Waals surface area (Å²) in [5.41, 5.74) is 2.35. The summed E-state index contributed by atoms with van der Waals surface area (Å²) in [4.78, 5) is 2.12. The zero-order valence-electron chi connectivity index (χ0n) is 15.5. The first-order chi connectivity index (χ1) is 12.1. The molecule has 0 radical (unpaired) electrons. The topological polar surface area (TPSA) is 54.4 Å². The SMILES string of the molecule is Cc1cc2n(n1)CC(CNCc1ccc(OCCN(C)C)cc1)CN2. The average Bonchev–Trinajstić information content (AvgIpc) is 2.95. The van der Waals surface area contributed by atoms with E-state index in [9.17, 15) is 0 Å². The first kappa shape index (κ1) is 17.8. The smallest absolute Gasteiger partial charge is 0.124 e. The average molecular weight is 343 g/mol. The van der Waals surface area contributed by atoms with Gasteiger partial charge in [-0.2, -0.15) is 5.10 Å². The molecule has 2 heterocycles. The quantitative estimate of drug-likeness (QED) is 0.767. The number of benzene rings is 1. The van der Waals surface area contributed by atoms with Gasteiger partial charge >= 0.3 is 0 Å². The van der Waals surface area contributed by atoms with Crippen LogP contribution in [0.15, 0.2) is 30.3 Å². The highest BCUT2D eigenvalue weighted by atomic mass is 16.5. The molecule has 25 heavy (non-hydrogen) atoms. The van der Waals surface area contributed by atoms with Gasteiger partial charge in [0.2, 0.25) is 0 Å². The minimum atomic E-state index is 0.556. The molecule has 0 aliphatic carbocycles. The minimum Gasteiger partial charge on any atom is -0.492 e. The molecule has 2 N–H and O–H groups in total. The van der Waals surface area contributed by atoms with Crippen molar-refractivity contribution < 1.29 is 4.74 Å². The number of likely N-dealkylation sites (N-methyl/N-ethyl adjacent to an activating group) is 1. The van der Waals surface area contributed by atoms with Crippen molar-refractivity contribution in [2.24, 2.45) is 5.92 Å². The summed E-state index contributed by atoms with van der Waals surface area (Å²) in [6, 6.07) is 10.5. The summed E-state index contributed by atoms with van der Waals surface area (Å²) >= 11 is 0. The van der Waals surface area contributed by atoms with Gasteiger partial charge in [0.1, 0.15) is 18.2 Å². The normalized spacial score (nSPS) is 16.6. The third-order valence-electron chi connectivity index (χ3n) is 4.40. The van der Waals surface area contributed by atoms with E-state index in [0.717, 1.165) is 50.0 Å². The number of anilines is 1. The van der Waals surface area contributed by atoms with Crippen molar-refractivity contribution in [3.63, 3.8) is 0 Å². The van der Waals surface area contributed by atoms with Crippen LogP contribution in [0.5, 0.6) is 5.75 Å². The predicted octanol–water partition coefficient (Wildman–Crippen LogP) is 1.96. The third kappa shape index (κ3) is 5.21. The molecule has 6 heteroatoms. The van der Waals surface area contributed by atoms with Crippen LogP contribution in [0.25, 0.3) is 0 Å². The number of fused-ring (bicyclic) bond motifs is 1. The van der Waals surface area contributed by atoms with E-state index in [1.807, 2.05) is 33.2 Å². The van der Waals surface area contributed by atoms with Gasteiger partial charge in [-0.05, 0) is 38.7 Å². The van der Waals surface area contributed by atoms with Crippen molar-refractivity contribution in [3.8, 4) is 5.75 Å². The summed E-state index contributed by atoms with van der Waals surface area (Å²) in [5, 5.41) is 11.5. The van der Waals surface area contributed by atoms with Gasteiger partial charge in [-0.3, -0.25) is 0 Å². The van der Waals surface area contributed by atoms with Crippen LogP contribution in [-0.4, -0.2) is 55.0 Å². The van der Waals surface area contributed by atoms with Crippen molar-refractivity contribution in [2.75, 3.05) is 45.7 Å². The molecular weight excluding hydrogens is 314 g/mol. The van der Waals surface area contributed by atoms with Crippen LogP contribution >= 0.6 is 0 Å². The van der Waals surface area contributed by atoms with E-state index in [0.29, 0.717) is 12.5 Å². The second-order valence-electron chi connectivity index (χ2n) is 7.03. The highest BCUT2D eigenvalue weighted by molar-refractivity contribution is 5.38. The molecule has 1 aromatic carbocycles. The minimum absolute atomic E-state index is 0.556. The Morgan fingerprint density at radius 2 is 2.12 bits per heavy atom. The fourth-order valence-electron chi connectivity index (χ4n) is 2.99. The number of ether oxygens (including phenoxy) is 1. The van der Waals surface area contributed by atoms with E-state index in [2.05, 4.69) is 43.5 Å². The van der Waals surface area contributed by atoms with Crippen molar-refractivity contribution >= 4 is 5.82 Å². The van der Waals surface area contributed by atoms with E-state index in [-0.39, 0.29) is 0 Å². The van der Waals surface area contributed by atoms with Crippen molar-refractivity contribution in [1.29, 1.82) is 0 Å². The fraction of sp³-hybridized carbons (Fsp3) is 0.526. The largest absolute Gasteiger partial charge is 0.492 e. The van der Waals surface area contributed by atoms with Gasteiger partial charge in [0, 0.05) is 44.7 Å². The summed E-state index contributed by atoms with van der Waals surface area (Å²) in [7, 11) is 4.10. The third-order valence-corrected chi connectivity index (χ3v) is 4.40. The second kappa shape index (κ2) is 8.36. The van der Waals surface area contributed by atoms with Gasteiger partial charge in [0.25, 0.3) is 0 Å². The molecule has 0 amide bonds. The van der Waals surface area contributed by atoms with E-state index in [1.165, 1.54) is 5.56 Å². The number of nitrogens with one attached hydrogen (secondary N) is 2. The molecule has 1 unspecified atom stereocenters. The van der Waals surface area contributed by atoms with E-state index in [4.69, 9.17) is 4.74 Å². The Labute approximate surface area is 150 Å². The molecule has 0 bridgehead atoms. The molecule has 6 nitrogen and oxygen atoms in total. The van der Waals surface area contributed by atoms with Crippen molar-refractivity contribution in [1.82, 2.24) is 20.0 Å². The number of hydrogen-bond acceptors (Lipinski definition) is 5. The maximum Gasteiger partial charge on any atom is 0.124 e. The number of rotatable bonds is 8. The maximum atomic E-state index is 5.73. The molecule has 1 aliphatic heterocycles. The fourth-order valence-corrected chi connectivity index (χ4v) is 2.99. The van der Waals surface area contributed by atoms with Crippen LogP contribution < -0.4 is 15.4 Å². The molecule has 2 aromatic rings. The van der Waals surface area contributed by atoms with E-state index >= 15 is 0 Å². The zero-order valence-corrected chi connectivity index (χ0v) is 15.5. The first-order valence-corrected chi connectivity index (χ1v) is 8.95. The Hall–Kier alpha value is -2.05. The van der Waals surface area contributed by atoms with Crippen LogP contribution in [0.4, 0.5) is 5.82 Å². The lowest BCUT2D eigenvalue weighted by Crippen LogP contribution is -2.35. The van der Waals surface area contributed by atoms with Crippen LogP contribution in [0.3, 0.4) is 0 Å². The van der Waals surface area contributed by atoms with Gasteiger partial charge in [0.15, 0.2) is 0 Å².